The number of hydrogen-bond donors (Lipinski definition) is 1. The standard InChI is InChI=1S/C22H30N2OS/c1-24(19-10-3-2-4-11-19)17-18-9-5-6-14-21(18)23-22(25)15-7-12-20-13-8-16-26-20/h5-6,8-9,13-14,16,19H,2-4,7,10-12,15,17H2,1H3,(H,23,25). The molecule has 26 heavy (non-hydrogen) atoms. The lowest BCUT2D eigenvalue weighted by molar-refractivity contribution is -0.116. The number of benzene rings is 1. The molecule has 1 aliphatic rings. The number of carbonyl (C=O) groups is 1. The molecule has 1 N–H and O–H groups in total. The van der Waals surface area contributed by atoms with Crippen LogP contribution >= 0.6 is 11.3 Å². The maximum absolute atomic E-state index is 12.4. The van der Waals surface area contributed by atoms with Gasteiger partial charge in [0.2, 0.25) is 5.91 Å². The summed E-state index contributed by atoms with van der Waals surface area (Å²) in [6.07, 6.45) is 9.12. The van der Waals surface area contributed by atoms with E-state index in [1.165, 1.54) is 42.5 Å². The summed E-state index contributed by atoms with van der Waals surface area (Å²) in [5.74, 6) is 0.120. The number of para-hydroxylation sites is 1. The van der Waals surface area contributed by atoms with E-state index >= 15 is 0 Å². The predicted octanol–water partition coefficient (Wildman–Crippen LogP) is 5.47. The molecule has 1 aromatic carbocycles. The molecule has 0 spiro atoms. The zero-order valence-electron chi connectivity index (χ0n) is 15.7. The molecule has 0 atom stereocenters. The summed E-state index contributed by atoms with van der Waals surface area (Å²) in [4.78, 5) is 16.2. The topological polar surface area (TPSA) is 32.3 Å². The summed E-state index contributed by atoms with van der Waals surface area (Å²) in [7, 11) is 2.22. The Morgan fingerprint density at radius 2 is 1.96 bits per heavy atom. The Balaban J connectivity index is 1.51. The van der Waals surface area contributed by atoms with Gasteiger partial charge < -0.3 is 5.32 Å². The smallest absolute Gasteiger partial charge is 0.224 e. The molecule has 4 heteroatoms. The summed E-state index contributed by atoms with van der Waals surface area (Å²) < 4.78 is 0. The van der Waals surface area contributed by atoms with Crippen molar-refractivity contribution in [3.05, 3.63) is 52.2 Å². The van der Waals surface area contributed by atoms with E-state index in [9.17, 15) is 4.79 Å². The Kier molecular flexibility index (Phi) is 7.27. The van der Waals surface area contributed by atoms with Crippen LogP contribution in [0.1, 0.15) is 55.4 Å². The van der Waals surface area contributed by atoms with Gasteiger partial charge in [0.25, 0.3) is 0 Å². The number of aryl methyl sites for hydroxylation is 1. The molecule has 0 unspecified atom stereocenters. The average Bonchev–Trinajstić information content (AvgIpc) is 3.17. The Bertz CT molecular complexity index is 677. The van der Waals surface area contributed by atoms with Crippen LogP contribution in [-0.4, -0.2) is 23.9 Å². The molecule has 1 aliphatic carbocycles. The maximum Gasteiger partial charge on any atom is 0.224 e. The van der Waals surface area contributed by atoms with Crippen molar-refractivity contribution in [2.45, 2.75) is 64.0 Å². The number of amides is 1. The highest BCUT2D eigenvalue weighted by Crippen LogP contribution is 2.25. The van der Waals surface area contributed by atoms with Crippen molar-refractivity contribution < 1.29 is 4.79 Å². The number of nitrogens with one attached hydrogen (secondary N) is 1. The minimum absolute atomic E-state index is 0.120. The molecule has 3 nitrogen and oxygen atoms in total. The average molecular weight is 371 g/mol. The maximum atomic E-state index is 12.4. The van der Waals surface area contributed by atoms with Gasteiger partial charge in [-0.15, -0.1) is 11.3 Å². The van der Waals surface area contributed by atoms with Crippen LogP contribution in [0.15, 0.2) is 41.8 Å². The van der Waals surface area contributed by atoms with E-state index in [2.05, 4.69) is 46.9 Å². The van der Waals surface area contributed by atoms with E-state index in [-0.39, 0.29) is 5.91 Å². The summed E-state index contributed by atoms with van der Waals surface area (Å²) in [6, 6.07) is 13.1. The van der Waals surface area contributed by atoms with Crippen LogP contribution in [0.2, 0.25) is 0 Å². The fourth-order valence-electron chi connectivity index (χ4n) is 3.79. The Morgan fingerprint density at radius 3 is 2.73 bits per heavy atom. The van der Waals surface area contributed by atoms with Crippen molar-refractivity contribution in [3.8, 4) is 0 Å². The molecule has 1 fully saturated rings. The Labute approximate surface area is 161 Å². The van der Waals surface area contributed by atoms with E-state index in [0.29, 0.717) is 12.5 Å². The molecular weight excluding hydrogens is 340 g/mol. The van der Waals surface area contributed by atoms with Crippen molar-refractivity contribution in [2.24, 2.45) is 0 Å². The molecule has 0 radical (unpaired) electrons. The van der Waals surface area contributed by atoms with Crippen molar-refractivity contribution in [1.82, 2.24) is 4.90 Å². The van der Waals surface area contributed by atoms with Crippen LogP contribution in [0.3, 0.4) is 0 Å². The van der Waals surface area contributed by atoms with Crippen LogP contribution in [0.25, 0.3) is 0 Å². The van der Waals surface area contributed by atoms with Crippen LogP contribution in [0.5, 0.6) is 0 Å². The van der Waals surface area contributed by atoms with E-state index in [0.717, 1.165) is 25.1 Å². The van der Waals surface area contributed by atoms with Crippen LogP contribution < -0.4 is 5.32 Å². The first-order chi connectivity index (χ1) is 12.7. The number of thiophene rings is 1. The van der Waals surface area contributed by atoms with Crippen LogP contribution in [-0.2, 0) is 17.8 Å². The van der Waals surface area contributed by atoms with E-state index in [1.54, 1.807) is 11.3 Å². The number of rotatable bonds is 8. The fourth-order valence-corrected chi connectivity index (χ4v) is 4.54. The van der Waals surface area contributed by atoms with Crippen LogP contribution in [0, 0.1) is 0 Å². The third-order valence-electron chi connectivity index (χ3n) is 5.32. The van der Waals surface area contributed by atoms with E-state index in [1.807, 2.05) is 12.1 Å². The van der Waals surface area contributed by atoms with Gasteiger partial charge in [0.15, 0.2) is 0 Å². The number of anilines is 1. The Morgan fingerprint density at radius 1 is 1.15 bits per heavy atom. The van der Waals surface area contributed by atoms with E-state index < -0.39 is 0 Å². The van der Waals surface area contributed by atoms with Gasteiger partial charge in [-0.1, -0.05) is 43.5 Å². The van der Waals surface area contributed by atoms with Crippen molar-refractivity contribution in [1.29, 1.82) is 0 Å². The lowest BCUT2D eigenvalue weighted by Crippen LogP contribution is -2.33. The molecule has 2 aromatic rings. The first kappa shape index (κ1) is 19.1. The predicted molar refractivity (Wildman–Crippen MR) is 111 cm³/mol. The van der Waals surface area contributed by atoms with Crippen molar-refractivity contribution in [2.75, 3.05) is 12.4 Å². The first-order valence-corrected chi connectivity index (χ1v) is 10.7. The normalized spacial score (nSPS) is 15.3. The summed E-state index contributed by atoms with van der Waals surface area (Å²) in [5, 5.41) is 5.23. The first-order valence-electron chi connectivity index (χ1n) is 9.83. The molecule has 3 rings (SSSR count). The van der Waals surface area contributed by atoms with Gasteiger partial charge in [-0.25, -0.2) is 0 Å². The summed E-state index contributed by atoms with van der Waals surface area (Å²) in [5.41, 5.74) is 2.18. The zero-order chi connectivity index (χ0) is 18.2. The molecule has 0 aliphatic heterocycles. The van der Waals surface area contributed by atoms with E-state index in [4.69, 9.17) is 0 Å². The SMILES string of the molecule is CN(Cc1ccccc1NC(=O)CCCc1cccs1)C1CCCCC1. The third-order valence-corrected chi connectivity index (χ3v) is 6.25. The molecule has 0 bridgehead atoms. The molecular formula is C22H30N2OS. The van der Waals surface area contributed by atoms with Gasteiger partial charge in [-0.3, -0.25) is 9.69 Å². The van der Waals surface area contributed by atoms with Gasteiger partial charge in [0.1, 0.15) is 0 Å². The van der Waals surface area contributed by atoms with Gasteiger partial charge in [-0.05, 0) is 55.8 Å². The number of carbonyl (C=O) groups excluding carboxylic acids is 1. The lowest BCUT2D eigenvalue weighted by atomic mass is 9.94. The van der Waals surface area contributed by atoms with Gasteiger partial charge in [-0.2, -0.15) is 0 Å². The second-order valence-electron chi connectivity index (χ2n) is 7.35. The third kappa shape index (κ3) is 5.68. The Hall–Kier alpha value is -1.65. The summed E-state index contributed by atoms with van der Waals surface area (Å²) >= 11 is 1.76. The second kappa shape index (κ2) is 9.89. The molecule has 1 saturated carbocycles. The minimum Gasteiger partial charge on any atom is -0.326 e. The molecule has 1 aromatic heterocycles. The van der Waals surface area contributed by atoms with Crippen LogP contribution in [0.4, 0.5) is 5.69 Å². The molecule has 1 heterocycles. The number of nitrogens with zero attached hydrogens (tertiary/aromatic N) is 1. The highest BCUT2D eigenvalue weighted by molar-refractivity contribution is 7.09. The van der Waals surface area contributed by atoms with Gasteiger partial charge in [0, 0.05) is 29.6 Å². The van der Waals surface area contributed by atoms with Crippen molar-refractivity contribution in [3.63, 3.8) is 0 Å². The highest BCUT2D eigenvalue weighted by Gasteiger charge is 2.19. The fraction of sp³-hybridized carbons (Fsp3) is 0.500. The monoisotopic (exact) mass is 370 g/mol. The zero-order valence-corrected chi connectivity index (χ0v) is 16.6. The summed E-state index contributed by atoms with van der Waals surface area (Å²) in [6.45, 7) is 0.899. The largest absolute Gasteiger partial charge is 0.326 e. The number of hydrogen-bond acceptors (Lipinski definition) is 3. The molecule has 0 saturated heterocycles. The second-order valence-corrected chi connectivity index (χ2v) is 8.38. The molecule has 1 amide bonds. The van der Waals surface area contributed by atoms with Gasteiger partial charge >= 0.3 is 0 Å². The quantitative estimate of drug-likeness (QED) is 0.668. The van der Waals surface area contributed by atoms with Crippen molar-refractivity contribution >= 4 is 22.9 Å². The molecule has 140 valence electrons. The van der Waals surface area contributed by atoms with Gasteiger partial charge in [0.05, 0.1) is 0 Å². The highest BCUT2D eigenvalue weighted by atomic mass is 32.1. The minimum atomic E-state index is 0.120. The lowest BCUT2D eigenvalue weighted by Gasteiger charge is -2.31.